The van der Waals surface area contributed by atoms with Crippen molar-refractivity contribution in [1.82, 2.24) is 9.21 Å². The van der Waals surface area contributed by atoms with Crippen molar-refractivity contribution < 1.29 is 13.2 Å². The maximum Gasteiger partial charge on any atom is 0.243 e. The largest absolute Gasteiger partial charge is 0.398 e. The lowest BCUT2D eigenvalue weighted by Gasteiger charge is -2.22. The first kappa shape index (κ1) is 16.9. The van der Waals surface area contributed by atoms with Gasteiger partial charge >= 0.3 is 0 Å². The zero-order valence-electron chi connectivity index (χ0n) is 11.6. The number of hydrogen-bond acceptors (Lipinski definition) is 4. The molecule has 0 radical (unpaired) electrons. The Morgan fingerprint density at radius 1 is 1.35 bits per heavy atom. The van der Waals surface area contributed by atoms with Gasteiger partial charge in [0, 0.05) is 30.8 Å². The van der Waals surface area contributed by atoms with Gasteiger partial charge in [0.15, 0.2) is 0 Å². The molecule has 1 aromatic carbocycles. The summed E-state index contributed by atoms with van der Waals surface area (Å²) in [5.74, 6) is -0.273. The number of benzene rings is 1. The second-order valence-corrected chi connectivity index (χ2v) is 7.19. The van der Waals surface area contributed by atoms with Gasteiger partial charge in [0.25, 0.3) is 0 Å². The lowest BCUT2D eigenvalue weighted by Crippen LogP contribution is -2.40. The highest BCUT2D eigenvalue weighted by atomic mass is 79.9. The Balaban J connectivity index is 3.12. The first-order valence-corrected chi connectivity index (χ1v) is 8.18. The molecule has 0 unspecified atom stereocenters. The van der Waals surface area contributed by atoms with E-state index in [2.05, 4.69) is 15.9 Å². The molecule has 0 atom stereocenters. The molecule has 1 rings (SSSR count). The normalized spacial score (nSPS) is 11.7. The van der Waals surface area contributed by atoms with E-state index in [0.717, 1.165) is 4.31 Å². The van der Waals surface area contributed by atoms with Gasteiger partial charge < -0.3 is 10.6 Å². The molecule has 6 nitrogen and oxygen atoms in total. The smallest absolute Gasteiger partial charge is 0.243 e. The van der Waals surface area contributed by atoms with E-state index in [-0.39, 0.29) is 23.9 Å². The van der Waals surface area contributed by atoms with Crippen LogP contribution in [0.2, 0.25) is 0 Å². The number of carbonyl (C=O) groups excluding carboxylic acids is 1. The molecular formula is C12H18BrN3O3S. The summed E-state index contributed by atoms with van der Waals surface area (Å²) >= 11 is 3.20. The van der Waals surface area contributed by atoms with Crippen molar-refractivity contribution in [3.8, 4) is 0 Å². The fraction of sp³-hybridized carbons (Fsp3) is 0.417. The molecule has 0 bridgehead atoms. The van der Waals surface area contributed by atoms with Gasteiger partial charge in [0.2, 0.25) is 15.9 Å². The van der Waals surface area contributed by atoms with Crippen molar-refractivity contribution in [2.45, 2.75) is 11.8 Å². The van der Waals surface area contributed by atoms with Crippen molar-refractivity contribution in [2.24, 2.45) is 0 Å². The third kappa shape index (κ3) is 3.71. The first-order chi connectivity index (χ1) is 9.20. The summed E-state index contributed by atoms with van der Waals surface area (Å²) in [5.41, 5.74) is 6.10. The van der Waals surface area contributed by atoms with Gasteiger partial charge in [0.05, 0.1) is 11.4 Å². The molecule has 0 heterocycles. The number of hydrogen-bond donors (Lipinski definition) is 1. The van der Waals surface area contributed by atoms with E-state index < -0.39 is 10.0 Å². The van der Waals surface area contributed by atoms with Crippen LogP contribution in [0.5, 0.6) is 0 Å². The molecule has 2 N–H and O–H groups in total. The number of rotatable bonds is 5. The second-order valence-electron chi connectivity index (χ2n) is 4.40. The van der Waals surface area contributed by atoms with Crippen molar-refractivity contribution in [1.29, 1.82) is 0 Å². The van der Waals surface area contributed by atoms with E-state index in [1.807, 2.05) is 0 Å². The maximum atomic E-state index is 12.5. The van der Waals surface area contributed by atoms with Crippen molar-refractivity contribution >= 4 is 37.5 Å². The molecule has 0 fully saturated rings. The van der Waals surface area contributed by atoms with Crippen molar-refractivity contribution in [3.63, 3.8) is 0 Å². The van der Waals surface area contributed by atoms with Crippen LogP contribution in [0, 0.1) is 0 Å². The molecule has 8 heteroatoms. The van der Waals surface area contributed by atoms with Crippen LogP contribution in [0.3, 0.4) is 0 Å². The number of likely N-dealkylation sites (N-methyl/N-ethyl adjacent to an activating group) is 2. The third-order valence-corrected chi connectivity index (χ3v) is 5.38. The number of carbonyl (C=O) groups is 1. The minimum atomic E-state index is -3.72. The minimum absolute atomic E-state index is 0.104. The fourth-order valence-corrected chi connectivity index (χ4v) is 3.43. The van der Waals surface area contributed by atoms with Gasteiger partial charge in [0.1, 0.15) is 0 Å². The molecule has 0 spiro atoms. The van der Waals surface area contributed by atoms with Crippen LogP contribution in [-0.2, 0) is 14.8 Å². The Hall–Kier alpha value is -1.12. The highest BCUT2D eigenvalue weighted by molar-refractivity contribution is 9.10. The average Bonchev–Trinajstić information content (AvgIpc) is 2.38. The van der Waals surface area contributed by atoms with E-state index in [1.54, 1.807) is 21.0 Å². The molecule has 1 aromatic rings. The molecule has 0 aliphatic carbocycles. The zero-order chi connectivity index (χ0) is 15.5. The molecule has 0 aliphatic heterocycles. The van der Waals surface area contributed by atoms with Crippen LogP contribution in [0.15, 0.2) is 27.6 Å². The number of nitrogen functional groups attached to an aromatic ring is 1. The topological polar surface area (TPSA) is 83.7 Å². The van der Waals surface area contributed by atoms with E-state index >= 15 is 0 Å². The van der Waals surface area contributed by atoms with Crippen LogP contribution in [-0.4, -0.2) is 50.7 Å². The molecular weight excluding hydrogens is 346 g/mol. The predicted molar refractivity (Wildman–Crippen MR) is 81.7 cm³/mol. The SMILES string of the molecule is CCN(CC(=O)N(C)C)S(=O)(=O)c1ccc(N)c(Br)c1. The van der Waals surface area contributed by atoms with Crippen LogP contribution in [0.4, 0.5) is 5.69 Å². The first-order valence-electron chi connectivity index (χ1n) is 5.95. The summed E-state index contributed by atoms with van der Waals surface area (Å²) in [6.07, 6.45) is 0. The molecule has 0 aromatic heterocycles. The number of anilines is 1. The number of nitrogens with zero attached hydrogens (tertiary/aromatic N) is 2. The second kappa shape index (κ2) is 6.55. The number of sulfonamides is 1. The van der Waals surface area contributed by atoms with E-state index in [0.29, 0.717) is 10.2 Å². The summed E-state index contributed by atoms with van der Waals surface area (Å²) in [5, 5.41) is 0. The summed E-state index contributed by atoms with van der Waals surface area (Å²) < 4.78 is 26.6. The highest BCUT2D eigenvalue weighted by Crippen LogP contribution is 2.25. The molecule has 0 saturated carbocycles. The maximum absolute atomic E-state index is 12.5. The Bertz CT molecular complexity index is 602. The van der Waals surface area contributed by atoms with E-state index in [9.17, 15) is 13.2 Å². The Morgan fingerprint density at radius 2 is 1.95 bits per heavy atom. The standard InChI is InChI=1S/C12H18BrN3O3S/c1-4-16(8-12(17)15(2)3)20(18,19)9-5-6-11(14)10(13)7-9/h5-7H,4,8,14H2,1-3H3. The van der Waals surface area contributed by atoms with Gasteiger partial charge in [-0.1, -0.05) is 6.92 Å². The van der Waals surface area contributed by atoms with Gasteiger partial charge in [-0.25, -0.2) is 8.42 Å². The number of halogens is 1. The molecule has 1 amide bonds. The minimum Gasteiger partial charge on any atom is -0.398 e. The van der Waals surface area contributed by atoms with E-state index in [4.69, 9.17) is 5.73 Å². The molecule has 0 saturated heterocycles. The van der Waals surface area contributed by atoms with Gasteiger partial charge in [-0.3, -0.25) is 4.79 Å². The Labute approximate surface area is 127 Å². The Morgan fingerprint density at radius 3 is 2.40 bits per heavy atom. The van der Waals surface area contributed by atoms with Crippen LogP contribution < -0.4 is 5.73 Å². The number of amides is 1. The predicted octanol–water partition coefficient (Wildman–Crippen LogP) is 1.13. The highest BCUT2D eigenvalue weighted by Gasteiger charge is 2.26. The van der Waals surface area contributed by atoms with Gasteiger partial charge in [-0.05, 0) is 34.1 Å². The lowest BCUT2D eigenvalue weighted by molar-refractivity contribution is -0.128. The molecule has 112 valence electrons. The monoisotopic (exact) mass is 363 g/mol. The third-order valence-electron chi connectivity index (χ3n) is 2.77. The summed E-state index contributed by atoms with van der Waals surface area (Å²) in [6.45, 7) is 1.71. The summed E-state index contributed by atoms with van der Waals surface area (Å²) in [6, 6.07) is 4.38. The van der Waals surface area contributed by atoms with Crippen LogP contribution in [0.1, 0.15) is 6.92 Å². The fourth-order valence-electron chi connectivity index (χ4n) is 1.48. The van der Waals surface area contributed by atoms with Gasteiger partial charge in [-0.2, -0.15) is 4.31 Å². The van der Waals surface area contributed by atoms with Crippen LogP contribution in [0.25, 0.3) is 0 Å². The summed E-state index contributed by atoms with van der Waals surface area (Å²) in [4.78, 5) is 13.2. The van der Waals surface area contributed by atoms with E-state index in [1.165, 1.54) is 23.1 Å². The Kier molecular flexibility index (Phi) is 5.55. The average molecular weight is 364 g/mol. The molecule has 20 heavy (non-hydrogen) atoms. The van der Waals surface area contributed by atoms with Crippen molar-refractivity contribution in [3.05, 3.63) is 22.7 Å². The van der Waals surface area contributed by atoms with Gasteiger partial charge in [-0.15, -0.1) is 0 Å². The van der Waals surface area contributed by atoms with Crippen molar-refractivity contribution in [2.75, 3.05) is 32.9 Å². The zero-order valence-corrected chi connectivity index (χ0v) is 14.0. The molecule has 0 aliphatic rings. The summed E-state index contributed by atoms with van der Waals surface area (Å²) in [7, 11) is -0.547. The number of nitrogens with two attached hydrogens (primary N) is 1. The quantitative estimate of drug-likeness (QED) is 0.794. The van der Waals surface area contributed by atoms with Crippen LogP contribution >= 0.6 is 15.9 Å². The lowest BCUT2D eigenvalue weighted by atomic mass is 10.3.